The number of allylic oxidation sites excluding steroid dienone is 1. The van der Waals surface area contributed by atoms with Gasteiger partial charge in [-0.3, -0.25) is 14.4 Å². The van der Waals surface area contributed by atoms with E-state index in [9.17, 15) is 24.6 Å². The van der Waals surface area contributed by atoms with Crippen molar-refractivity contribution in [3.05, 3.63) is 23.3 Å². The molecule has 4 aliphatic rings. The van der Waals surface area contributed by atoms with Crippen LogP contribution in [0.15, 0.2) is 23.3 Å². The number of aliphatic hydroxyl groups is 1. The largest absolute Gasteiger partial charge is 0.481 e. The molecule has 5 nitrogen and oxygen atoms in total. The van der Waals surface area contributed by atoms with Gasteiger partial charge in [-0.15, -0.1) is 0 Å². The Hall–Kier alpha value is -1.75. The molecule has 0 spiro atoms. The van der Waals surface area contributed by atoms with Crippen molar-refractivity contribution in [2.45, 2.75) is 92.1 Å². The Morgan fingerprint density at radius 2 is 1.88 bits per heavy atom. The fourth-order valence-electron chi connectivity index (χ4n) is 8.50. The summed E-state index contributed by atoms with van der Waals surface area (Å²) in [4.78, 5) is 37.6. The first kappa shape index (κ1) is 25.3. The van der Waals surface area contributed by atoms with Crippen molar-refractivity contribution in [1.29, 1.82) is 0 Å². The normalized spacial score (nSPS) is 41.4. The molecule has 0 saturated heterocycles. The third-order valence-electron chi connectivity index (χ3n) is 10.7. The summed E-state index contributed by atoms with van der Waals surface area (Å²) in [5.74, 6) is -0.0967. The lowest BCUT2D eigenvalue weighted by Gasteiger charge is -2.55. The number of fused-ring (bicyclic) bond motifs is 4. The van der Waals surface area contributed by atoms with E-state index in [1.807, 2.05) is 6.92 Å². The number of carbonyl (C=O) groups excluding carboxylic acids is 2. The number of hydrogen-bond donors (Lipinski definition) is 2. The average molecular weight is 471 g/mol. The fraction of sp³-hybridized carbons (Fsp3) is 0.759. The molecule has 0 aromatic heterocycles. The van der Waals surface area contributed by atoms with E-state index < -0.39 is 18.0 Å². The second-order valence-electron chi connectivity index (χ2n) is 12.4. The van der Waals surface area contributed by atoms with Crippen LogP contribution in [-0.2, 0) is 14.4 Å². The zero-order valence-corrected chi connectivity index (χ0v) is 21.5. The molecule has 0 aliphatic heterocycles. The van der Waals surface area contributed by atoms with Gasteiger partial charge in [0.25, 0.3) is 0 Å². The lowest BCUT2D eigenvalue weighted by Crippen LogP contribution is -2.54. The molecule has 2 fully saturated rings. The molecule has 0 amide bonds. The number of hydrogen-bond acceptors (Lipinski definition) is 4. The second-order valence-corrected chi connectivity index (χ2v) is 12.4. The van der Waals surface area contributed by atoms with Crippen molar-refractivity contribution >= 4 is 17.5 Å². The third kappa shape index (κ3) is 3.73. The molecule has 5 heteroatoms. The molecule has 9 atom stereocenters. The quantitative estimate of drug-likeness (QED) is 0.509. The van der Waals surface area contributed by atoms with E-state index in [-0.39, 0.29) is 40.2 Å². The van der Waals surface area contributed by atoms with Gasteiger partial charge in [0.15, 0.2) is 5.78 Å². The zero-order chi connectivity index (χ0) is 25.2. The van der Waals surface area contributed by atoms with E-state index in [0.717, 1.165) is 36.0 Å². The number of ketones is 2. The van der Waals surface area contributed by atoms with Gasteiger partial charge in [-0.25, -0.2) is 0 Å². The Balaban J connectivity index is 1.61. The highest BCUT2D eigenvalue weighted by atomic mass is 16.4. The molecule has 34 heavy (non-hydrogen) atoms. The molecule has 188 valence electrons. The maximum atomic E-state index is 13.8. The van der Waals surface area contributed by atoms with E-state index in [4.69, 9.17) is 0 Å². The van der Waals surface area contributed by atoms with E-state index in [1.54, 1.807) is 6.92 Å². The van der Waals surface area contributed by atoms with E-state index in [0.29, 0.717) is 43.9 Å². The summed E-state index contributed by atoms with van der Waals surface area (Å²) in [6.45, 7) is 14.3. The van der Waals surface area contributed by atoms with Crippen LogP contribution in [0.25, 0.3) is 0 Å². The van der Waals surface area contributed by atoms with Crippen LogP contribution in [-0.4, -0.2) is 33.9 Å². The standard InChI is InChI=1S/C29H42O5/c1-15(17(3)27(33)34)7-8-16(2)19-9-10-20-25-23(31)13-21-18(4)22(30)11-12-28(21,5)26(25)24(32)14-29(19,20)6/h16-21,23,31H,1,7-14H2,2-6H3,(H,33,34)/t16-,17-,18+,19-,20+,21+,23-,28+,29-/m1/s1. The lowest BCUT2D eigenvalue weighted by molar-refractivity contribution is -0.140. The molecule has 0 unspecified atom stereocenters. The highest BCUT2D eigenvalue weighted by Gasteiger charge is 2.61. The van der Waals surface area contributed by atoms with Gasteiger partial charge in [-0.2, -0.15) is 0 Å². The molecule has 2 N–H and O–H groups in total. The van der Waals surface area contributed by atoms with Crippen LogP contribution in [0, 0.1) is 46.3 Å². The Labute approximate surface area is 204 Å². The lowest BCUT2D eigenvalue weighted by atomic mass is 9.48. The first-order valence-corrected chi connectivity index (χ1v) is 13.2. The Kier molecular flexibility index (Phi) is 6.50. The predicted octanol–water partition coefficient (Wildman–Crippen LogP) is 5.37. The number of aliphatic carboxylic acids is 1. The minimum atomic E-state index is -0.834. The number of aliphatic hydroxyl groups excluding tert-OH is 1. The molecule has 4 aliphatic carbocycles. The van der Waals surface area contributed by atoms with Crippen molar-refractivity contribution in [1.82, 2.24) is 0 Å². The number of carboxylic acid groups (broad SMARTS) is 1. The van der Waals surface area contributed by atoms with Gasteiger partial charge in [0.05, 0.1) is 12.0 Å². The first-order valence-electron chi connectivity index (χ1n) is 13.2. The van der Waals surface area contributed by atoms with E-state index >= 15 is 0 Å². The minimum Gasteiger partial charge on any atom is -0.481 e. The van der Waals surface area contributed by atoms with Crippen molar-refractivity contribution in [3.63, 3.8) is 0 Å². The van der Waals surface area contributed by atoms with Crippen molar-refractivity contribution in [2.75, 3.05) is 0 Å². The summed E-state index contributed by atoms with van der Waals surface area (Å²) in [7, 11) is 0. The van der Waals surface area contributed by atoms with Crippen LogP contribution in [0.1, 0.15) is 86.0 Å². The topological polar surface area (TPSA) is 91.7 Å². The Morgan fingerprint density at radius 3 is 2.53 bits per heavy atom. The predicted molar refractivity (Wildman–Crippen MR) is 131 cm³/mol. The van der Waals surface area contributed by atoms with Crippen LogP contribution < -0.4 is 0 Å². The zero-order valence-electron chi connectivity index (χ0n) is 21.5. The van der Waals surface area contributed by atoms with Crippen LogP contribution >= 0.6 is 0 Å². The van der Waals surface area contributed by atoms with Crippen LogP contribution in [0.2, 0.25) is 0 Å². The maximum absolute atomic E-state index is 13.8. The van der Waals surface area contributed by atoms with Gasteiger partial charge in [-0.1, -0.05) is 39.8 Å². The molecule has 0 aromatic carbocycles. The summed E-state index contributed by atoms with van der Waals surface area (Å²) >= 11 is 0. The van der Waals surface area contributed by atoms with Gasteiger partial charge in [0.2, 0.25) is 0 Å². The van der Waals surface area contributed by atoms with E-state index in [1.165, 1.54) is 0 Å². The molecule has 0 aromatic rings. The molecule has 4 rings (SSSR count). The summed E-state index contributed by atoms with van der Waals surface area (Å²) in [5, 5.41) is 20.6. The minimum absolute atomic E-state index is 0.0363. The van der Waals surface area contributed by atoms with E-state index in [2.05, 4.69) is 27.4 Å². The van der Waals surface area contributed by atoms with Crippen molar-refractivity contribution in [3.8, 4) is 0 Å². The highest BCUT2D eigenvalue weighted by molar-refractivity contribution is 6.00. The van der Waals surface area contributed by atoms with Crippen LogP contribution in [0.3, 0.4) is 0 Å². The fourth-order valence-corrected chi connectivity index (χ4v) is 8.50. The average Bonchev–Trinajstić information content (AvgIpc) is 3.11. The summed E-state index contributed by atoms with van der Waals surface area (Å²) < 4.78 is 0. The Bertz CT molecular complexity index is 946. The first-order chi connectivity index (χ1) is 15.8. The maximum Gasteiger partial charge on any atom is 0.310 e. The van der Waals surface area contributed by atoms with Crippen LogP contribution in [0.4, 0.5) is 0 Å². The van der Waals surface area contributed by atoms with Crippen molar-refractivity contribution < 1.29 is 24.6 Å². The monoisotopic (exact) mass is 470 g/mol. The number of Topliss-reactive ketones (excluding diaryl/α,β-unsaturated/α-hetero) is 2. The summed E-state index contributed by atoms with van der Waals surface area (Å²) in [5.41, 5.74) is 2.13. The Morgan fingerprint density at radius 1 is 1.21 bits per heavy atom. The molecular formula is C29H42O5. The highest BCUT2D eigenvalue weighted by Crippen LogP contribution is 2.65. The van der Waals surface area contributed by atoms with Crippen molar-refractivity contribution in [2.24, 2.45) is 46.3 Å². The second kappa shape index (κ2) is 8.72. The van der Waals surface area contributed by atoms with Crippen LogP contribution in [0.5, 0.6) is 0 Å². The van der Waals surface area contributed by atoms with Gasteiger partial charge in [0.1, 0.15) is 5.78 Å². The third-order valence-corrected chi connectivity index (χ3v) is 10.7. The molecule has 2 saturated carbocycles. The van der Waals surface area contributed by atoms with Gasteiger partial charge >= 0.3 is 5.97 Å². The molecule has 0 radical (unpaired) electrons. The molecule has 0 heterocycles. The number of carbonyl (C=O) groups is 3. The number of carboxylic acids is 1. The van der Waals surface area contributed by atoms with Gasteiger partial charge in [-0.05, 0) is 80.1 Å². The smallest absolute Gasteiger partial charge is 0.310 e. The molecule has 0 bridgehead atoms. The summed E-state index contributed by atoms with van der Waals surface area (Å²) in [6, 6.07) is 0. The van der Waals surface area contributed by atoms with Gasteiger partial charge < -0.3 is 10.2 Å². The van der Waals surface area contributed by atoms with Gasteiger partial charge in [0, 0.05) is 29.7 Å². The SMILES string of the molecule is C=C(CC[C@@H](C)[C@H]1CC[C@H]2C3=C(C(=O)C[C@]12C)[C@@]1(C)CCC(=O)[C@@H](C)[C@@H]1C[C@H]3O)[C@@H](C)C(=O)O. The molecular weight excluding hydrogens is 428 g/mol. The summed E-state index contributed by atoms with van der Waals surface area (Å²) in [6.07, 6.45) is 5.24. The number of rotatable bonds is 6.